The summed E-state index contributed by atoms with van der Waals surface area (Å²) in [6.07, 6.45) is -0.278. The van der Waals surface area contributed by atoms with Gasteiger partial charge in [0, 0.05) is 12.2 Å². The van der Waals surface area contributed by atoms with Crippen molar-refractivity contribution in [2.24, 2.45) is 0 Å². The highest BCUT2D eigenvalue weighted by Crippen LogP contribution is 2.20. The van der Waals surface area contributed by atoms with Crippen LogP contribution in [0, 0.1) is 13.8 Å². The van der Waals surface area contributed by atoms with Crippen molar-refractivity contribution in [3.8, 4) is 5.75 Å². The van der Waals surface area contributed by atoms with Gasteiger partial charge in [-0.15, -0.1) is 0 Å². The van der Waals surface area contributed by atoms with E-state index in [0.717, 1.165) is 5.56 Å². The van der Waals surface area contributed by atoms with Gasteiger partial charge >= 0.3 is 11.9 Å². The Balaban J connectivity index is 1.93. The molecule has 0 fully saturated rings. The first kappa shape index (κ1) is 22.0. The van der Waals surface area contributed by atoms with Crippen LogP contribution in [0.2, 0.25) is 0 Å². The summed E-state index contributed by atoms with van der Waals surface area (Å²) >= 11 is 0. The maximum Gasteiger partial charge on any atom is 0.355 e. The predicted molar refractivity (Wildman–Crippen MR) is 106 cm³/mol. The number of esters is 2. The third-order valence-electron chi connectivity index (χ3n) is 4.15. The minimum absolute atomic E-state index is 0.124. The third-order valence-corrected chi connectivity index (χ3v) is 4.15. The highest BCUT2D eigenvalue weighted by molar-refractivity contribution is 5.99. The molecule has 0 unspecified atom stereocenters. The molecular weight excluding hydrogens is 376 g/mol. The standard InChI is InChI=1S/C21H26N2O6/c1-12(2)29-20(25)18-13(3)19(23-14(18)4)21(26)28-11-17(24)22-10-15-7-6-8-16(9-15)27-5/h6-9,12,23H,10-11H2,1-5H3,(H,22,24). The van der Waals surface area contributed by atoms with Crippen LogP contribution >= 0.6 is 0 Å². The maximum atomic E-state index is 12.3. The molecule has 1 heterocycles. The van der Waals surface area contributed by atoms with E-state index in [1.165, 1.54) is 0 Å². The van der Waals surface area contributed by atoms with Gasteiger partial charge in [-0.05, 0) is 51.0 Å². The van der Waals surface area contributed by atoms with E-state index in [0.29, 0.717) is 22.6 Å². The van der Waals surface area contributed by atoms with Gasteiger partial charge in [-0.3, -0.25) is 4.79 Å². The van der Waals surface area contributed by atoms with Gasteiger partial charge in [-0.1, -0.05) is 12.1 Å². The third kappa shape index (κ3) is 5.84. The smallest absolute Gasteiger partial charge is 0.355 e. The molecule has 8 nitrogen and oxygen atoms in total. The first-order chi connectivity index (χ1) is 13.7. The Bertz CT molecular complexity index is 901. The molecule has 0 saturated heterocycles. The van der Waals surface area contributed by atoms with Crippen LogP contribution in [0.15, 0.2) is 24.3 Å². The molecule has 0 aliphatic heterocycles. The normalized spacial score (nSPS) is 10.6. The Morgan fingerprint density at radius 1 is 1.14 bits per heavy atom. The summed E-state index contributed by atoms with van der Waals surface area (Å²) in [4.78, 5) is 39.4. The Kier molecular flexibility index (Phi) is 7.41. The molecule has 2 rings (SSSR count). The van der Waals surface area contributed by atoms with Crippen molar-refractivity contribution in [2.45, 2.75) is 40.3 Å². The van der Waals surface area contributed by atoms with E-state index in [1.807, 2.05) is 12.1 Å². The summed E-state index contributed by atoms with van der Waals surface area (Å²) in [7, 11) is 1.56. The molecular formula is C21H26N2O6. The van der Waals surface area contributed by atoms with Gasteiger partial charge < -0.3 is 24.5 Å². The number of carbonyl (C=O) groups excluding carboxylic acids is 3. The number of ether oxygens (including phenoxy) is 3. The van der Waals surface area contributed by atoms with Crippen molar-refractivity contribution in [2.75, 3.05) is 13.7 Å². The summed E-state index contributed by atoms with van der Waals surface area (Å²) in [6, 6.07) is 7.27. The zero-order chi connectivity index (χ0) is 21.6. The molecule has 0 bridgehead atoms. The van der Waals surface area contributed by atoms with Gasteiger partial charge in [-0.25, -0.2) is 9.59 Å². The topological polar surface area (TPSA) is 107 Å². The number of aromatic nitrogens is 1. The lowest BCUT2D eigenvalue weighted by molar-refractivity contribution is -0.124. The van der Waals surface area contributed by atoms with E-state index in [-0.39, 0.29) is 18.3 Å². The molecule has 156 valence electrons. The van der Waals surface area contributed by atoms with Crippen LogP contribution in [0.25, 0.3) is 0 Å². The molecule has 1 aromatic heterocycles. The molecule has 1 aromatic carbocycles. The summed E-state index contributed by atoms with van der Waals surface area (Å²) < 4.78 is 15.4. The Labute approximate surface area is 169 Å². The first-order valence-electron chi connectivity index (χ1n) is 9.19. The number of hydrogen-bond donors (Lipinski definition) is 2. The Morgan fingerprint density at radius 3 is 2.52 bits per heavy atom. The Hall–Kier alpha value is -3.29. The number of aromatic amines is 1. The van der Waals surface area contributed by atoms with E-state index in [2.05, 4.69) is 10.3 Å². The van der Waals surface area contributed by atoms with Crippen molar-refractivity contribution in [3.63, 3.8) is 0 Å². The van der Waals surface area contributed by atoms with Crippen LogP contribution in [-0.4, -0.2) is 42.7 Å². The molecule has 0 saturated carbocycles. The zero-order valence-electron chi connectivity index (χ0n) is 17.3. The van der Waals surface area contributed by atoms with Crippen molar-refractivity contribution in [1.82, 2.24) is 10.3 Å². The monoisotopic (exact) mass is 402 g/mol. The molecule has 2 N–H and O–H groups in total. The van der Waals surface area contributed by atoms with Crippen LogP contribution < -0.4 is 10.1 Å². The lowest BCUT2D eigenvalue weighted by Crippen LogP contribution is -2.28. The number of H-pyrrole nitrogens is 1. The second-order valence-corrected chi connectivity index (χ2v) is 6.78. The predicted octanol–water partition coefficient (Wildman–Crippen LogP) is 2.68. The van der Waals surface area contributed by atoms with E-state index in [9.17, 15) is 14.4 Å². The van der Waals surface area contributed by atoms with Gasteiger partial charge in [0.25, 0.3) is 5.91 Å². The first-order valence-corrected chi connectivity index (χ1v) is 9.19. The summed E-state index contributed by atoms with van der Waals surface area (Å²) in [5, 5.41) is 2.67. The average Bonchev–Trinajstić information content (AvgIpc) is 2.98. The lowest BCUT2D eigenvalue weighted by atomic mass is 10.1. The van der Waals surface area contributed by atoms with Crippen LogP contribution in [-0.2, 0) is 20.8 Å². The van der Waals surface area contributed by atoms with Crippen molar-refractivity contribution < 1.29 is 28.6 Å². The summed E-state index contributed by atoms with van der Waals surface area (Å²) in [6.45, 7) is 6.62. The molecule has 2 aromatic rings. The van der Waals surface area contributed by atoms with Crippen molar-refractivity contribution in [1.29, 1.82) is 0 Å². The number of nitrogens with one attached hydrogen (secondary N) is 2. The minimum atomic E-state index is -0.717. The van der Waals surface area contributed by atoms with E-state index < -0.39 is 24.5 Å². The van der Waals surface area contributed by atoms with E-state index >= 15 is 0 Å². The second kappa shape index (κ2) is 9.77. The molecule has 8 heteroatoms. The number of methoxy groups -OCH3 is 1. The maximum absolute atomic E-state index is 12.3. The largest absolute Gasteiger partial charge is 0.497 e. The number of benzene rings is 1. The number of aryl methyl sites for hydroxylation is 1. The second-order valence-electron chi connectivity index (χ2n) is 6.78. The molecule has 0 atom stereocenters. The fourth-order valence-electron chi connectivity index (χ4n) is 2.77. The molecule has 0 radical (unpaired) electrons. The number of carbonyl (C=O) groups is 3. The van der Waals surface area contributed by atoms with Gasteiger partial charge in [0.2, 0.25) is 0 Å². The van der Waals surface area contributed by atoms with Crippen LogP contribution in [0.5, 0.6) is 5.75 Å². The fourth-order valence-corrected chi connectivity index (χ4v) is 2.77. The molecule has 0 aliphatic carbocycles. The quantitative estimate of drug-likeness (QED) is 0.658. The van der Waals surface area contributed by atoms with Crippen LogP contribution in [0.4, 0.5) is 0 Å². The van der Waals surface area contributed by atoms with Gasteiger partial charge in [0.15, 0.2) is 6.61 Å². The summed E-state index contributed by atoms with van der Waals surface area (Å²) in [5.41, 5.74) is 2.21. The van der Waals surface area contributed by atoms with E-state index in [4.69, 9.17) is 14.2 Å². The number of amides is 1. The van der Waals surface area contributed by atoms with Gasteiger partial charge in [0.1, 0.15) is 11.4 Å². The zero-order valence-corrected chi connectivity index (χ0v) is 17.3. The van der Waals surface area contributed by atoms with E-state index in [1.54, 1.807) is 46.9 Å². The molecule has 0 spiro atoms. The molecule has 29 heavy (non-hydrogen) atoms. The van der Waals surface area contributed by atoms with Crippen LogP contribution in [0.1, 0.15) is 51.5 Å². The highest BCUT2D eigenvalue weighted by atomic mass is 16.5. The average molecular weight is 402 g/mol. The summed E-state index contributed by atoms with van der Waals surface area (Å²) in [5.74, 6) is -0.985. The van der Waals surface area contributed by atoms with Gasteiger partial charge in [0.05, 0.1) is 18.8 Å². The fraction of sp³-hybridized carbons (Fsp3) is 0.381. The molecule has 0 aliphatic rings. The van der Waals surface area contributed by atoms with Crippen LogP contribution in [0.3, 0.4) is 0 Å². The molecule has 1 amide bonds. The highest BCUT2D eigenvalue weighted by Gasteiger charge is 2.24. The number of rotatable bonds is 8. The van der Waals surface area contributed by atoms with Crippen molar-refractivity contribution >= 4 is 17.8 Å². The lowest BCUT2D eigenvalue weighted by Gasteiger charge is -2.09. The number of hydrogen-bond acceptors (Lipinski definition) is 6. The SMILES string of the molecule is COc1cccc(CNC(=O)COC(=O)c2[nH]c(C)c(C(=O)OC(C)C)c2C)c1. The Morgan fingerprint density at radius 2 is 1.86 bits per heavy atom. The van der Waals surface area contributed by atoms with Gasteiger partial charge in [-0.2, -0.15) is 0 Å². The minimum Gasteiger partial charge on any atom is -0.497 e. The van der Waals surface area contributed by atoms with Crippen molar-refractivity contribution in [3.05, 3.63) is 52.3 Å².